The van der Waals surface area contributed by atoms with Crippen LogP contribution < -0.4 is 15.4 Å². The monoisotopic (exact) mass is 769 g/mol. The number of carbonyl (C=O) groups is 2. The maximum Gasteiger partial charge on any atom is 0.255 e. The van der Waals surface area contributed by atoms with E-state index >= 15 is 0 Å². The zero-order valence-electron chi connectivity index (χ0n) is 37.0. The first-order chi connectivity index (χ1) is 27.1. The summed E-state index contributed by atoms with van der Waals surface area (Å²) in [5.41, 5.74) is 1.09. The fraction of sp³-hybridized carbons (Fsp3) is 0.840. The van der Waals surface area contributed by atoms with Gasteiger partial charge in [0.15, 0.2) is 0 Å². The van der Waals surface area contributed by atoms with Gasteiger partial charge in [-0.05, 0) is 37.5 Å². The average molecular weight is 769 g/mol. The lowest BCUT2D eigenvalue weighted by Crippen LogP contribution is -2.26. The fourth-order valence-electron chi connectivity index (χ4n) is 7.63. The molecule has 5 heteroatoms. The van der Waals surface area contributed by atoms with E-state index in [9.17, 15) is 9.59 Å². The summed E-state index contributed by atoms with van der Waals surface area (Å²) in [6.07, 6.45) is 47.3. The van der Waals surface area contributed by atoms with Crippen LogP contribution in [0.15, 0.2) is 18.2 Å². The Morgan fingerprint density at radius 3 is 1.07 bits per heavy atom. The van der Waals surface area contributed by atoms with E-state index in [2.05, 4.69) is 31.4 Å². The third-order valence-electron chi connectivity index (χ3n) is 11.4. The third kappa shape index (κ3) is 31.7. The molecule has 0 bridgehead atoms. The van der Waals surface area contributed by atoms with Gasteiger partial charge < -0.3 is 15.4 Å². The van der Waals surface area contributed by atoms with Crippen LogP contribution in [0.5, 0.6) is 5.75 Å². The number of nitrogens with one attached hydrogen (secondary N) is 2. The lowest BCUT2D eigenvalue weighted by molar-refractivity contribution is 0.0937. The van der Waals surface area contributed by atoms with Gasteiger partial charge in [-0.3, -0.25) is 9.59 Å². The lowest BCUT2D eigenvalue weighted by Gasteiger charge is -2.14. The molecule has 55 heavy (non-hydrogen) atoms. The minimum Gasteiger partial charge on any atom is -0.493 e. The molecule has 1 aromatic rings. The van der Waals surface area contributed by atoms with E-state index in [1.807, 2.05) is 0 Å². The molecule has 1 aromatic carbocycles. The van der Waals surface area contributed by atoms with Gasteiger partial charge in [0.25, 0.3) is 11.8 Å². The molecule has 0 radical (unpaired) electrons. The molecule has 0 aliphatic carbocycles. The van der Waals surface area contributed by atoms with Crippen molar-refractivity contribution in [1.29, 1.82) is 0 Å². The van der Waals surface area contributed by atoms with E-state index in [1.54, 1.807) is 18.2 Å². The lowest BCUT2D eigenvalue weighted by atomic mass is 10.0. The van der Waals surface area contributed by atoms with Gasteiger partial charge in [0.05, 0.1) is 12.2 Å². The zero-order chi connectivity index (χ0) is 39.7. The van der Waals surface area contributed by atoms with E-state index < -0.39 is 0 Å². The zero-order valence-corrected chi connectivity index (χ0v) is 37.0. The molecule has 0 heterocycles. The van der Waals surface area contributed by atoms with Crippen LogP contribution >= 0.6 is 0 Å². The van der Waals surface area contributed by atoms with Crippen molar-refractivity contribution in [1.82, 2.24) is 10.6 Å². The summed E-state index contributed by atoms with van der Waals surface area (Å²) in [6, 6.07) is 5.32. The normalized spacial score (nSPS) is 11.3. The van der Waals surface area contributed by atoms with E-state index in [0.717, 1.165) is 38.5 Å². The van der Waals surface area contributed by atoms with Crippen LogP contribution in [-0.4, -0.2) is 31.5 Å². The number of benzene rings is 1. The highest BCUT2D eigenvalue weighted by Gasteiger charge is 2.16. The topological polar surface area (TPSA) is 67.4 Å². The first-order valence-electron chi connectivity index (χ1n) is 24.5. The summed E-state index contributed by atoms with van der Waals surface area (Å²) < 4.78 is 6.13. The number of ether oxygens (including phenoxy) is 1. The number of carbonyl (C=O) groups excluding carboxylic acids is 2. The van der Waals surface area contributed by atoms with Crippen LogP contribution in [-0.2, 0) is 0 Å². The Balaban J connectivity index is 2.24. The molecule has 1 rings (SSSR count). The van der Waals surface area contributed by atoms with Crippen molar-refractivity contribution in [2.45, 2.75) is 252 Å². The molecule has 0 saturated carbocycles. The van der Waals surface area contributed by atoms with Crippen LogP contribution in [0.4, 0.5) is 0 Å². The van der Waals surface area contributed by atoms with Crippen LogP contribution in [0.1, 0.15) is 273 Å². The Labute approximate surface area is 342 Å². The van der Waals surface area contributed by atoms with Crippen molar-refractivity contribution in [2.75, 3.05) is 19.7 Å². The minimum absolute atomic E-state index is 0.0862. The molecule has 320 valence electrons. The highest BCUT2D eigenvalue weighted by Crippen LogP contribution is 2.22. The summed E-state index contributed by atoms with van der Waals surface area (Å²) in [6.45, 7) is 8.69. The van der Waals surface area contributed by atoms with Gasteiger partial charge in [-0.15, -0.1) is 0 Å². The maximum absolute atomic E-state index is 13.2. The van der Waals surface area contributed by atoms with Crippen molar-refractivity contribution >= 4 is 11.8 Å². The van der Waals surface area contributed by atoms with Crippen molar-refractivity contribution in [3.63, 3.8) is 0 Å². The van der Waals surface area contributed by atoms with E-state index in [1.165, 1.54) is 193 Å². The number of hydrogen-bond acceptors (Lipinski definition) is 3. The van der Waals surface area contributed by atoms with Crippen molar-refractivity contribution in [2.24, 2.45) is 0 Å². The number of unbranched alkanes of at least 4 members (excludes halogenated alkanes) is 33. The summed E-state index contributed by atoms with van der Waals surface area (Å²) in [5.74, 6) is 0.331. The second-order valence-electron chi connectivity index (χ2n) is 16.7. The van der Waals surface area contributed by atoms with E-state index in [4.69, 9.17) is 4.74 Å². The fourth-order valence-corrected chi connectivity index (χ4v) is 7.63. The minimum atomic E-state index is -0.107. The van der Waals surface area contributed by atoms with Gasteiger partial charge in [0, 0.05) is 18.7 Å². The smallest absolute Gasteiger partial charge is 0.255 e. The molecule has 0 spiro atoms. The molecule has 0 aromatic heterocycles. The molecular weight excluding hydrogens is 677 g/mol. The van der Waals surface area contributed by atoms with Gasteiger partial charge >= 0.3 is 0 Å². The highest BCUT2D eigenvalue weighted by atomic mass is 16.5. The molecule has 0 aliphatic heterocycles. The largest absolute Gasteiger partial charge is 0.493 e. The SMILES string of the molecule is CCCCCCCCCCCCCCCCCCNC(=O)c1ccc(C(=O)NCCCCCCCCCCCCCCCCCC)c(OCCCCCC)c1. The Morgan fingerprint density at radius 1 is 0.400 bits per heavy atom. The van der Waals surface area contributed by atoms with Gasteiger partial charge in [-0.1, -0.05) is 233 Å². The van der Waals surface area contributed by atoms with Crippen LogP contribution in [0.2, 0.25) is 0 Å². The molecule has 0 fully saturated rings. The molecule has 0 saturated heterocycles. The van der Waals surface area contributed by atoms with Crippen LogP contribution in [0.3, 0.4) is 0 Å². The predicted molar refractivity (Wildman–Crippen MR) is 240 cm³/mol. The van der Waals surface area contributed by atoms with Gasteiger partial charge in [0.1, 0.15) is 5.75 Å². The van der Waals surface area contributed by atoms with Gasteiger partial charge in [-0.25, -0.2) is 0 Å². The van der Waals surface area contributed by atoms with E-state index in [-0.39, 0.29) is 11.8 Å². The second kappa shape index (κ2) is 40.2. The van der Waals surface area contributed by atoms with Crippen molar-refractivity contribution < 1.29 is 14.3 Å². The summed E-state index contributed by atoms with van der Waals surface area (Å²) in [4.78, 5) is 26.2. The quantitative estimate of drug-likeness (QED) is 0.0651. The Kier molecular flexibility index (Phi) is 37.2. The van der Waals surface area contributed by atoms with Gasteiger partial charge in [-0.2, -0.15) is 0 Å². The molecule has 0 atom stereocenters. The highest BCUT2D eigenvalue weighted by molar-refractivity contribution is 6.00. The van der Waals surface area contributed by atoms with Crippen molar-refractivity contribution in [3.05, 3.63) is 29.3 Å². The standard InChI is InChI=1S/C50H92N2O3/c1-4-7-10-13-15-17-19-21-23-25-27-29-31-33-35-37-42-51-49(53)46-40-41-47(48(45-46)55-44-39-12-9-6-3)50(54)52-43-38-36-34-32-30-28-26-24-22-20-18-16-14-11-8-5-2/h40-41,45H,4-39,42-44H2,1-3H3,(H,51,53)(H,52,54). The van der Waals surface area contributed by atoms with E-state index in [0.29, 0.717) is 36.6 Å². The third-order valence-corrected chi connectivity index (χ3v) is 11.4. The van der Waals surface area contributed by atoms with Crippen molar-refractivity contribution in [3.8, 4) is 5.75 Å². The molecule has 0 aliphatic rings. The Bertz CT molecular complexity index is 995. The number of rotatable bonds is 42. The molecular formula is C50H92N2O3. The molecule has 0 unspecified atom stereocenters. The summed E-state index contributed by atoms with van der Waals surface area (Å²) in [5, 5.41) is 6.22. The summed E-state index contributed by atoms with van der Waals surface area (Å²) in [7, 11) is 0. The average Bonchev–Trinajstić information content (AvgIpc) is 3.19. The van der Waals surface area contributed by atoms with Gasteiger partial charge in [0.2, 0.25) is 0 Å². The maximum atomic E-state index is 13.2. The molecule has 2 N–H and O–H groups in total. The number of amides is 2. The second-order valence-corrected chi connectivity index (χ2v) is 16.7. The summed E-state index contributed by atoms with van der Waals surface area (Å²) >= 11 is 0. The Hall–Kier alpha value is -2.04. The Morgan fingerprint density at radius 2 is 0.709 bits per heavy atom. The predicted octanol–water partition coefficient (Wildman–Crippen LogP) is 15.6. The van der Waals surface area contributed by atoms with Crippen LogP contribution in [0, 0.1) is 0 Å². The van der Waals surface area contributed by atoms with Crippen LogP contribution in [0.25, 0.3) is 0 Å². The number of hydrogen-bond donors (Lipinski definition) is 2. The molecule has 2 amide bonds. The molecule has 5 nitrogen and oxygen atoms in total. The first-order valence-corrected chi connectivity index (χ1v) is 24.5. The first kappa shape index (κ1) is 51.0.